The van der Waals surface area contributed by atoms with Crippen molar-refractivity contribution < 1.29 is 9.90 Å². The maximum Gasteiger partial charge on any atom is 0.404 e. The smallest absolute Gasteiger partial charge is 0.404 e. The minimum absolute atomic E-state index is 0.340. The van der Waals surface area contributed by atoms with Gasteiger partial charge in [0, 0.05) is 35.4 Å². The molecule has 5 nitrogen and oxygen atoms in total. The van der Waals surface area contributed by atoms with Crippen LogP contribution in [0.25, 0.3) is 10.9 Å². The van der Waals surface area contributed by atoms with Gasteiger partial charge in [-0.25, -0.2) is 4.79 Å². The van der Waals surface area contributed by atoms with E-state index in [1.807, 2.05) is 12.1 Å². The van der Waals surface area contributed by atoms with Crippen LogP contribution in [0.5, 0.6) is 0 Å². The minimum atomic E-state index is -1.02. The molecule has 18 heavy (non-hydrogen) atoms. The normalized spacial score (nSPS) is 10.3. The summed E-state index contributed by atoms with van der Waals surface area (Å²) in [5.74, 6) is 0. The molecule has 1 aromatic carbocycles. The Kier molecular flexibility index (Phi) is 3.84. The highest BCUT2D eigenvalue weighted by Crippen LogP contribution is 2.23. The molecule has 0 aliphatic rings. The molecule has 6 heteroatoms. The van der Waals surface area contributed by atoms with E-state index >= 15 is 0 Å². The van der Waals surface area contributed by atoms with Crippen LogP contribution in [0.15, 0.2) is 30.5 Å². The Hall–Kier alpha value is -2.01. The van der Waals surface area contributed by atoms with Crippen LogP contribution in [-0.4, -0.2) is 29.3 Å². The van der Waals surface area contributed by atoms with E-state index in [2.05, 4.69) is 15.6 Å². The van der Waals surface area contributed by atoms with Gasteiger partial charge in [-0.15, -0.1) is 0 Å². The van der Waals surface area contributed by atoms with Gasteiger partial charge in [-0.3, -0.25) is 4.98 Å². The Bertz CT molecular complexity index is 574. The molecule has 0 unspecified atom stereocenters. The van der Waals surface area contributed by atoms with Gasteiger partial charge in [0.05, 0.1) is 5.52 Å². The fourth-order valence-corrected chi connectivity index (χ4v) is 1.81. The molecule has 0 bridgehead atoms. The molecule has 2 rings (SSSR count). The zero-order valence-corrected chi connectivity index (χ0v) is 10.2. The molecule has 0 saturated heterocycles. The molecule has 2 aromatic rings. The summed E-state index contributed by atoms with van der Waals surface area (Å²) in [4.78, 5) is 14.5. The van der Waals surface area contributed by atoms with Gasteiger partial charge >= 0.3 is 6.09 Å². The molecule has 0 aliphatic heterocycles. The molecule has 0 aliphatic carbocycles. The fourth-order valence-electron chi connectivity index (χ4n) is 1.64. The van der Waals surface area contributed by atoms with Gasteiger partial charge in [-0.05, 0) is 24.3 Å². The van der Waals surface area contributed by atoms with E-state index in [0.29, 0.717) is 18.1 Å². The summed E-state index contributed by atoms with van der Waals surface area (Å²) < 4.78 is 0. The van der Waals surface area contributed by atoms with Crippen molar-refractivity contribution >= 4 is 34.3 Å². The lowest BCUT2D eigenvalue weighted by Crippen LogP contribution is -2.26. The minimum Gasteiger partial charge on any atom is -0.465 e. The van der Waals surface area contributed by atoms with Gasteiger partial charge in [-0.2, -0.15) is 0 Å². The lowest BCUT2D eigenvalue weighted by molar-refractivity contribution is 0.195. The summed E-state index contributed by atoms with van der Waals surface area (Å²) in [6.45, 7) is 0.848. The number of amides is 1. The van der Waals surface area contributed by atoms with Gasteiger partial charge in [0.1, 0.15) is 0 Å². The van der Waals surface area contributed by atoms with Gasteiger partial charge in [-0.1, -0.05) is 11.6 Å². The Morgan fingerprint density at radius 3 is 2.94 bits per heavy atom. The second kappa shape index (κ2) is 5.55. The Balaban J connectivity index is 2.11. The second-order valence-corrected chi connectivity index (χ2v) is 4.12. The summed E-state index contributed by atoms with van der Waals surface area (Å²) in [6.07, 6.45) is 0.661. The number of benzene rings is 1. The number of pyridine rings is 1. The number of carboxylic acid groups (broad SMARTS) is 1. The maximum atomic E-state index is 10.3. The van der Waals surface area contributed by atoms with Crippen molar-refractivity contribution in [2.45, 2.75) is 0 Å². The first-order chi connectivity index (χ1) is 8.66. The molecule has 0 atom stereocenters. The average molecular weight is 266 g/mol. The average Bonchev–Trinajstić information content (AvgIpc) is 2.34. The van der Waals surface area contributed by atoms with E-state index in [1.165, 1.54) is 0 Å². The number of halogens is 1. The Labute approximate surface area is 109 Å². The van der Waals surface area contributed by atoms with Gasteiger partial charge in [0.2, 0.25) is 0 Å². The molecule has 0 fully saturated rings. The Morgan fingerprint density at radius 2 is 2.17 bits per heavy atom. The highest BCUT2D eigenvalue weighted by Gasteiger charge is 2.02. The third kappa shape index (κ3) is 3.01. The standard InChI is InChI=1S/C12H12ClN3O2/c13-8-1-2-9-10(3-4-14-11(9)7-8)15-5-6-16-12(17)18/h1-4,7,16H,5-6H2,(H,14,15)(H,17,18). The molecule has 1 heterocycles. The number of nitrogens with one attached hydrogen (secondary N) is 2. The van der Waals surface area contributed by atoms with Crippen molar-refractivity contribution in [1.82, 2.24) is 10.3 Å². The lowest BCUT2D eigenvalue weighted by atomic mass is 10.2. The molecule has 94 valence electrons. The molecule has 1 aromatic heterocycles. The molecule has 0 spiro atoms. The zero-order chi connectivity index (χ0) is 13.0. The van der Waals surface area contributed by atoms with Crippen LogP contribution < -0.4 is 10.6 Å². The van der Waals surface area contributed by atoms with Crippen LogP contribution in [0.1, 0.15) is 0 Å². The number of aromatic nitrogens is 1. The largest absolute Gasteiger partial charge is 0.465 e. The third-order valence-corrected chi connectivity index (χ3v) is 2.66. The fraction of sp³-hybridized carbons (Fsp3) is 0.167. The topological polar surface area (TPSA) is 74.2 Å². The highest BCUT2D eigenvalue weighted by molar-refractivity contribution is 6.31. The molecular formula is C12H12ClN3O2. The van der Waals surface area contributed by atoms with Gasteiger partial charge < -0.3 is 15.7 Å². The van der Waals surface area contributed by atoms with E-state index in [4.69, 9.17) is 16.7 Å². The van der Waals surface area contributed by atoms with Gasteiger partial charge in [0.25, 0.3) is 0 Å². The first-order valence-corrected chi connectivity index (χ1v) is 5.79. The summed E-state index contributed by atoms with van der Waals surface area (Å²) in [6, 6.07) is 7.32. The van der Waals surface area contributed by atoms with E-state index < -0.39 is 6.09 Å². The maximum absolute atomic E-state index is 10.3. The zero-order valence-electron chi connectivity index (χ0n) is 9.48. The van der Waals surface area contributed by atoms with Crippen LogP contribution in [0.3, 0.4) is 0 Å². The van der Waals surface area contributed by atoms with Crippen molar-refractivity contribution in [3.63, 3.8) is 0 Å². The summed E-state index contributed by atoms with van der Waals surface area (Å²) >= 11 is 5.90. The van der Waals surface area contributed by atoms with Crippen LogP contribution >= 0.6 is 11.6 Å². The summed E-state index contributed by atoms with van der Waals surface area (Å²) in [7, 11) is 0. The van der Waals surface area contributed by atoms with Crippen LogP contribution in [0.2, 0.25) is 5.02 Å². The van der Waals surface area contributed by atoms with Crippen molar-refractivity contribution in [1.29, 1.82) is 0 Å². The molecule has 0 saturated carbocycles. The van der Waals surface area contributed by atoms with Crippen molar-refractivity contribution in [3.05, 3.63) is 35.5 Å². The predicted molar refractivity (Wildman–Crippen MR) is 71.3 cm³/mol. The predicted octanol–water partition coefficient (Wildman–Crippen LogP) is 2.57. The van der Waals surface area contributed by atoms with E-state index in [1.54, 1.807) is 18.3 Å². The number of hydrogen-bond donors (Lipinski definition) is 3. The number of anilines is 1. The molecule has 1 amide bonds. The second-order valence-electron chi connectivity index (χ2n) is 3.68. The van der Waals surface area contributed by atoms with Crippen molar-refractivity contribution in [2.75, 3.05) is 18.4 Å². The van der Waals surface area contributed by atoms with E-state index in [9.17, 15) is 4.79 Å². The number of carbonyl (C=O) groups is 1. The number of rotatable bonds is 4. The Morgan fingerprint density at radius 1 is 1.33 bits per heavy atom. The third-order valence-electron chi connectivity index (χ3n) is 2.42. The van der Waals surface area contributed by atoms with Crippen LogP contribution in [0.4, 0.5) is 10.5 Å². The lowest BCUT2D eigenvalue weighted by Gasteiger charge is -2.09. The van der Waals surface area contributed by atoms with Crippen molar-refractivity contribution in [3.8, 4) is 0 Å². The molecule has 0 radical (unpaired) electrons. The van der Waals surface area contributed by atoms with Crippen LogP contribution in [-0.2, 0) is 0 Å². The van der Waals surface area contributed by atoms with Crippen LogP contribution in [0, 0.1) is 0 Å². The highest BCUT2D eigenvalue weighted by atomic mass is 35.5. The number of nitrogens with zero attached hydrogens (tertiary/aromatic N) is 1. The number of fused-ring (bicyclic) bond motifs is 1. The van der Waals surface area contributed by atoms with Crippen molar-refractivity contribution in [2.24, 2.45) is 0 Å². The summed E-state index contributed by atoms with van der Waals surface area (Å²) in [5, 5.41) is 15.5. The quantitative estimate of drug-likeness (QED) is 0.743. The SMILES string of the molecule is O=C(O)NCCNc1ccnc2cc(Cl)ccc12. The molecule has 3 N–H and O–H groups in total. The summed E-state index contributed by atoms with van der Waals surface area (Å²) in [5.41, 5.74) is 1.71. The first kappa shape index (κ1) is 12.4. The monoisotopic (exact) mass is 265 g/mol. The molecular weight excluding hydrogens is 254 g/mol. The van der Waals surface area contributed by atoms with E-state index in [0.717, 1.165) is 16.6 Å². The first-order valence-electron chi connectivity index (χ1n) is 5.42. The van der Waals surface area contributed by atoms with E-state index in [-0.39, 0.29) is 0 Å². The number of hydrogen-bond acceptors (Lipinski definition) is 3. The van der Waals surface area contributed by atoms with Gasteiger partial charge in [0.15, 0.2) is 0 Å².